The lowest BCUT2D eigenvalue weighted by Crippen LogP contribution is -2.49. The molecule has 1 saturated heterocycles. The molecule has 3 aromatic rings. The van der Waals surface area contributed by atoms with Crippen LogP contribution < -0.4 is 15.5 Å². The number of hydrogen-bond donors (Lipinski definition) is 2. The number of aryl methyl sites for hydroxylation is 1. The summed E-state index contributed by atoms with van der Waals surface area (Å²) in [5, 5.41) is 13.7. The van der Waals surface area contributed by atoms with Crippen molar-refractivity contribution < 1.29 is 9.21 Å². The number of piperidine rings is 1. The van der Waals surface area contributed by atoms with Gasteiger partial charge in [0.25, 0.3) is 0 Å². The van der Waals surface area contributed by atoms with Gasteiger partial charge in [0.1, 0.15) is 5.82 Å². The molecule has 0 bridgehead atoms. The number of amides is 2. The van der Waals surface area contributed by atoms with E-state index in [1.807, 2.05) is 12.1 Å². The van der Waals surface area contributed by atoms with Gasteiger partial charge in [0, 0.05) is 49.7 Å². The standard InChI is InChI=1S/C19H21N7O2/c1-13-24-25-18(28-13)14-4-6-15(7-5-14)22-19(27)23-16-3-2-10-26(12-16)17-11-20-8-9-21-17/h4-9,11,16H,2-3,10,12H2,1H3,(H2,22,23,27)/t16-/m1/s1. The van der Waals surface area contributed by atoms with E-state index in [4.69, 9.17) is 4.42 Å². The number of urea groups is 1. The van der Waals surface area contributed by atoms with Gasteiger partial charge in [0.2, 0.25) is 11.8 Å². The van der Waals surface area contributed by atoms with Gasteiger partial charge < -0.3 is 20.0 Å². The maximum Gasteiger partial charge on any atom is 0.319 e. The van der Waals surface area contributed by atoms with Crippen molar-refractivity contribution in [2.24, 2.45) is 0 Å². The summed E-state index contributed by atoms with van der Waals surface area (Å²) in [6, 6.07) is 7.10. The van der Waals surface area contributed by atoms with Gasteiger partial charge in [-0.3, -0.25) is 4.98 Å². The van der Waals surface area contributed by atoms with Crippen LogP contribution in [0.15, 0.2) is 47.3 Å². The number of anilines is 2. The number of carbonyl (C=O) groups is 1. The fourth-order valence-electron chi connectivity index (χ4n) is 3.22. The van der Waals surface area contributed by atoms with Crippen LogP contribution in [0.3, 0.4) is 0 Å². The van der Waals surface area contributed by atoms with Gasteiger partial charge in [-0.25, -0.2) is 9.78 Å². The van der Waals surface area contributed by atoms with E-state index in [2.05, 4.69) is 35.7 Å². The summed E-state index contributed by atoms with van der Waals surface area (Å²) < 4.78 is 5.40. The molecule has 9 heteroatoms. The van der Waals surface area contributed by atoms with Crippen molar-refractivity contribution in [2.45, 2.75) is 25.8 Å². The molecule has 0 spiro atoms. The van der Waals surface area contributed by atoms with Crippen LogP contribution in [0.25, 0.3) is 11.5 Å². The van der Waals surface area contributed by atoms with Crippen molar-refractivity contribution in [3.05, 3.63) is 48.7 Å². The van der Waals surface area contributed by atoms with Crippen molar-refractivity contribution in [3.63, 3.8) is 0 Å². The van der Waals surface area contributed by atoms with Crippen LogP contribution in [0.4, 0.5) is 16.3 Å². The molecule has 1 aromatic carbocycles. The summed E-state index contributed by atoms with van der Waals surface area (Å²) in [7, 11) is 0. The molecular formula is C19H21N7O2. The first-order chi connectivity index (χ1) is 13.7. The summed E-state index contributed by atoms with van der Waals surface area (Å²) in [4.78, 5) is 23.0. The molecule has 1 aliphatic rings. The third kappa shape index (κ3) is 4.25. The summed E-state index contributed by atoms with van der Waals surface area (Å²) in [6.45, 7) is 3.37. The quantitative estimate of drug-likeness (QED) is 0.717. The molecular weight excluding hydrogens is 358 g/mol. The third-order valence-corrected chi connectivity index (χ3v) is 4.55. The molecule has 2 aromatic heterocycles. The minimum atomic E-state index is -0.229. The number of benzene rings is 1. The summed E-state index contributed by atoms with van der Waals surface area (Å²) in [5.41, 5.74) is 1.50. The summed E-state index contributed by atoms with van der Waals surface area (Å²) in [5.74, 6) is 1.81. The number of aromatic nitrogens is 4. The highest BCUT2D eigenvalue weighted by Crippen LogP contribution is 2.20. The smallest absolute Gasteiger partial charge is 0.319 e. The van der Waals surface area contributed by atoms with Crippen LogP contribution >= 0.6 is 0 Å². The highest BCUT2D eigenvalue weighted by Gasteiger charge is 2.22. The molecule has 28 heavy (non-hydrogen) atoms. The van der Waals surface area contributed by atoms with E-state index in [1.165, 1.54) is 0 Å². The maximum absolute atomic E-state index is 12.4. The van der Waals surface area contributed by atoms with Gasteiger partial charge in [-0.15, -0.1) is 10.2 Å². The lowest BCUT2D eigenvalue weighted by molar-refractivity contribution is 0.246. The van der Waals surface area contributed by atoms with Crippen LogP contribution in [-0.4, -0.2) is 45.3 Å². The summed E-state index contributed by atoms with van der Waals surface area (Å²) >= 11 is 0. The van der Waals surface area contributed by atoms with Crippen LogP contribution in [0, 0.1) is 6.92 Å². The second-order valence-corrected chi connectivity index (χ2v) is 6.65. The molecule has 2 amide bonds. The van der Waals surface area contributed by atoms with Gasteiger partial charge >= 0.3 is 6.03 Å². The largest absolute Gasteiger partial charge is 0.421 e. The molecule has 1 fully saturated rings. The van der Waals surface area contributed by atoms with E-state index < -0.39 is 0 Å². The average Bonchev–Trinajstić information content (AvgIpc) is 3.16. The Morgan fingerprint density at radius 3 is 2.79 bits per heavy atom. The molecule has 0 saturated carbocycles. The number of nitrogens with zero attached hydrogens (tertiary/aromatic N) is 5. The summed E-state index contributed by atoms with van der Waals surface area (Å²) in [6.07, 6.45) is 6.99. The molecule has 0 radical (unpaired) electrons. The van der Waals surface area contributed by atoms with Crippen molar-refractivity contribution in [1.82, 2.24) is 25.5 Å². The van der Waals surface area contributed by atoms with Gasteiger partial charge in [0.05, 0.1) is 6.20 Å². The van der Waals surface area contributed by atoms with E-state index in [0.29, 0.717) is 24.0 Å². The zero-order valence-electron chi connectivity index (χ0n) is 15.5. The highest BCUT2D eigenvalue weighted by molar-refractivity contribution is 5.89. The fraction of sp³-hybridized carbons (Fsp3) is 0.316. The topological polar surface area (TPSA) is 109 Å². The van der Waals surface area contributed by atoms with Crippen LogP contribution in [0.2, 0.25) is 0 Å². The predicted molar refractivity (Wildman–Crippen MR) is 104 cm³/mol. The number of nitrogens with one attached hydrogen (secondary N) is 2. The minimum absolute atomic E-state index is 0.0522. The van der Waals surface area contributed by atoms with Gasteiger partial charge in [-0.1, -0.05) is 0 Å². The predicted octanol–water partition coefficient (Wildman–Crippen LogP) is 2.63. The van der Waals surface area contributed by atoms with E-state index in [9.17, 15) is 4.79 Å². The zero-order chi connectivity index (χ0) is 19.3. The van der Waals surface area contributed by atoms with Crippen molar-refractivity contribution in [2.75, 3.05) is 23.3 Å². The highest BCUT2D eigenvalue weighted by atomic mass is 16.4. The monoisotopic (exact) mass is 379 g/mol. The molecule has 2 N–H and O–H groups in total. The van der Waals surface area contributed by atoms with Crippen LogP contribution in [0.5, 0.6) is 0 Å². The molecule has 9 nitrogen and oxygen atoms in total. The second-order valence-electron chi connectivity index (χ2n) is 6.65. The molecule has 0 aliphatic carbocycles. The molecule has 3 heterocycles. The van der Waals surface area contributed by atoms with Crippen molar-refractivity contribution in [3.8, 4) is 11.5 Å². The van der Waals surface area contributed by atoms with Crippen LogP contribution in [0.1, 0.15) is 18.7 Å². The van der Waals surface area contributed by atoms with Crippen LogP contribution in [-0.2, 0) is 0 Å². The lowest BCUT2D eigenvalue weighted by atomic mass is 10.1. The van der Waals surface area contributed by atoms with Crippen molar-refractivity contribution in [1.29, 1.82) is 0 Å². The third-order valence-electron chi connectivity index (χ3n) is 4.55. The molecule has 1 aliphatic heterocycles. The Hall–Kier alpha value is -3.49. The average molecular weight is 379 g/mol. The lowest BCUT2D eigenvalue weighted by Gasteiger charge is -2.33. The van der Waals surface area contributed by atoms with E-state index in [-0.39, 0.29) is 12.1 Å². The molecule has 1 atom stereocenters. The normalized spacial score (nSPS) is 16.6. The SMILES string of the molecule is Cc1nnc(-c2ccc(NC(=O)N[C@@H]3CCCN(c4cnccn4)C3)cc2)o1. The molecule has 144 valence electrons. The van der Waals surface area contributed by atoms with E-state index >= 15 is 0 Å². The number of carbonyl (C=O) groups excluding carboxylic acids is 1. The first-order valence-corrected chi connectivity index (χ1v) is 9.16. The number of rotatable bonds is 4. The molecule has 4 rings (SSSR count). The van der Waals surface area contributed by atoms with Gasteiger partial charge in [0.15, 0.2) is 0 Å². The van der Waals surface area contributed by atoms with E-state index in [0.717, 1.165) is 30.8 Å². The van der Waals surface area contributed by atoms with Gasteiger partial charge in [-0.05, 0) is 37.1 Å². The Labute approximate surface area is 162 Å². The Balaban J connectivity index is 1.32. The zero-order valence-corrected chi connectivity index (χ0v) is 15.5. The maximum atomic E-state index is 12.4. The van der Waals surface area contributed by atoms with E-state index in [1.54, 1.807) is 37.6 Å². The number of hydrogen-bond acceptors (Lipinski definition) is 7. The Bertz CT molecular complexity index is 927. The Kier molecular flexibility index (Phi) is 5.14. The minimum Gasteiger partial charge on any atom is -0.421 e. The Morgan fingerprint density at radius 1 is 1.21 bits per heavy atom. The first-order valence-electron chi connectivity index (χ1n) is 9.16. The first kappa shape index (κ1) is 17.9. The van der Waals surface area contributed by atoms with Crippen molar-refractivity contribution >= 4 is 17.5 Å². The molecule has 0 unspecified atom stereocenters. The fourth-order valence-corrected chi connectivity index (χ4v) is 3.22. The Morgan fingerprint density at radius 2 is 2.07 bits per heavy atom. The van der Waals surface area contributed by atoms with Gasteiger partial charge in [-0.2, -0.15) is 0 Å². The second kappa shape index (κ2) is 8.03.